The lowest BCUT2D eigenvalue weighted by molar-refractivity contribution is 0.0934. The Hall–Kier alpha value is -3.03. The molecular formula is C17H21N5O3. The van der Waals surface area contributed by atoms with Crippen LogP contribution in [-0.4, -0.2) is 30.0 Å². The highest BCUT2D eigenvalue weighted by molar-refractivity contribution is 5.96. The summed E-state index contributed by atoms with van der Waals surface area (Å²) in [7, 11) is 0. The number of aryl methyl sites for hydroxylation is 1. The van der Waals surface area contributed by atoms with Crippen molar-refractivity contribution in [2.75, 3.05) is 18.0 Å². The van der Waals surface area contributed by atoms with E-state index in [2.05, 4.69) is 26.1 Å². The number of amides is 3. The fraction of sp³-hybridized carbons (Fsp3) is 0.353. The molecule has 1 saturated heterocycles. The summed E-state index contributed by atoms with van der Waals surface area (Å²) in [5.74, 6) is 1.02. The molecule has 0 unspecified atom stereocenters. The fourth-order valence-corrected chi connectivity index (χ4v) is 2.68. The predicted molar refractivity (Wildman–Crippen MR) is 92.0 cm³/mol. The van der Waals surface area contributed by atoms with Crippen LogP contribution in [0, 0.1) is 6.92 Å². The van der Waals surface area contributed by atoms with E-state index in [9.17, 15) is 9.59 Å². The maximum Gasteiger partial charge on any atom is 0.333 e. The molecule has 2 aromatic rings. The van der Waals surface area contributed by atoms with Crippen molar-refractivity contribution >= 4 is 17.8 Å². The Bertz CT molecular complexity index is 735. The number of urea groups is 1. The summed E-state index contributed by atoms with van der Waals surface area (Å²) in [6.45, 7) is 4.08. The van der Waals surface area contributed by atoms with Crippen LogP contribution in [0.25, 0.3) is 0 Å². The van der Waals surface area contributed by atoms with E-state index in [1.807, 2.05) is 12.1 Å². The van der Waals surface area contributed by atoms with Crippen molar-refractivity contribution in [3.05, 3.63) is 47.5 Å². The molecule has 0 aliphatic carbocycles. The quantitative estimate of drug-likeness (QED) is 0.734. The number of carbonyl (C=O) groups is 2. The first kappa shape index (κ1) is 16.8. The lowest BCUT2D eigenvalue weighted by Crippen LogP contribution is -2.46. The highest BCUT2D eigenvalue weighted by Gasteiger charge is 2.14. The van der Waals surface area contributed by atoms with Gasteiger partial charge in [-0.25, -0.2) is 15.2 Å². The Kier molecular flexibility index (Phi) is 5.17. The number of hydrogen-bond acceptors (Lipinski definition) is 5. The summed E-state index contributed by atoms with van der Waals surface area (Å²) in [6, 6.07) is 4.94. The summed E-state index contributed by atoms with van der Waals surface area (Å²) in [5.41, 5.74) is 5.89. The molecule has 1 fully saturated rings. The first-order valence-electron chi connectivity index (χ1n) is 8.21. The maximum atomic E-state index is 11.8. The molecule has 1 aliphatic heterocycles. The van der Waals surface area contributed by atoms with Gasteiger partial charge in [-0.1, -0.05) is 6.07 Å². The minimum atomic E-state index is -0.502. The number of anilines is 1. The molecule has 132 valence electrons. The Balaban J connectivity index is 1.42. The van der Waals surface area contributed by atoms with Gasteiger partial charge >= 0.3 is 6.03 Å². The average Bonchev–Trinajstić information content (AvgIpc) is 3.30. The molecule has 3 amide bonds. The third-order valence-corrected chi connectivity index (χ3v) is 4.09. The third kappa shape index (κ3) is 4.28. The second kappa shape index (κ2) is 7.69. The number of furan rings is 1. The molecule has 8 heteroatoms. The molecule has 2 aromatic heterocycles. The normalized spacial score (nSPS) is 13.6. The van der Waals surface area contributed by atoms with Crippen molar-refractivity contribution in [1.82, 2.24) is 21.2 Å². The van der Waals surface area contributed by atoms with E-state index in [0.717, 1.165) is 24.5 Å². The van der Waals surface area contributed by atoms with Crippen molar-refractivity contribution < 1.29 is 14.0 Å². The largest absolute Gasteiger partial charge is 0.469 e. The van der Waals surface area contributed by atoms with Crippen molar-refractivity contribution in [1.29, 1.82) is 0 Å². The van der Waals surface area contributed by atoms with Crippen molar-refractivity contribution in [3.8, 4) is 0 Å². The number of aromatic nitrogens is 1. The van der Waals surface area contributed by atoms with Gasteiger partial charge in [-0.3, -0.25) is 10.2 Å². The molecule has 0 radical (unpaired) electrons. The molecule has 0 saturated carbocycles. The zero-order valence-corrected chi connectivity index (χ0v) is 14.0. The lowest BCUT2D eigenvalue weighted by atomic mass is 10.2. The third-order valence-electron chi connectivity index (χ3n) is 4.09. The Labute approximate surface area is 145 Å². The van der Waals surface area contributed by atoms with Crippen molar-refractivity contribution in [2.45, 2.75) is 26.3 Å². The second-order valence-corrected chi connectivity index (χ2v) is 5.87. The molecule has 25 heavy (non-hydrogen) atoms. The molecule has 3 rings (SSSR count). The van der Waals surface area contributed by atoms with E-state index in [1.165, 1.54) is 25.2 Å². The first-order chi connectivity index (χ1) is 12.1. The van der Waals surface area contributed by atoms with Crippen LogP contribution in [0.3, 0.4) is 0 Å². The summed E-state index contributed by atoms with van der Waals surface area (Å²) >= 11 is 0. The Morgan fingerprint density at radius 3 is 2.64 bits per heavy atom. The van der Waals surface area contributed by atoms with E-state index in [1.54, 1.807) is 13.1 Å². The number of pyridine rings is 1. The van der Waals surface area contributed by atoms with Gasteiger partial charge in [0.2, 0.25) is 0 Å². The summed E-state index contributed by atoms with van der Waals surface area (Å²) in [5, 5.41) is 2.66. The van der Waals surface area contributed by atoms with Crippen LogP contribution in [0.5, 0.6) is 0 Å². The number of hydrazine groups is 1. The first-order valence-corrected chi connectivity index (χ1v) is 8.21. The topological polar surface area (TPSA) is 99.5 Å². The molecular weight excluding hydrogens is 322 g/mol. The Morgan fingerprint density at radius 1 is 1.20 bits per heavy atom. The smallest absolute Gasteiger partial charge is 0.333 e. The summed E-state index contributed by atoms with van der Waals surface area (Å²) < 4.78 is 5.04. The van der Waals surface area contributed by atoms with E-state index in [-0.39, 0.29) is 0 Å². The highest BCUT2D eigenvalue weighted by Crippen LogP contribution is 2.17. The SMILES string of the molecule is Cc1occc1C(=O)NNC(=O)NCc1ccc(N2CCCC2)nc1. The van der Waals surface area contributed by atoms with Crippen LogP contribution >= 0.6 is 0 Å². The monoisotopic (exact) mass is 343 g/mol. The lowest BCUT2D eigenvalue weighted by Gasteiger charge is -2.16. The number of nitrogens with one attached hydrogen (secondary N) is 3. The minimum Gasteiger partial charge on any atom is -0.469 e. The van der Waals surface area contributed by atoms with E-state index in [4.69, 9.17) is 4.42 Å². The number of carbonyl (C=O) groups excluding carboxylic acids is 2. The molecule has 0 spiro atoms. The zero-order chi connectivity index (χ0) is 17.6. The number of nitrogens with zero attached hydrogens (tertiary/aromatic N) is 2. The van der Waals surface area contributed by atoms with E-state index < -0.39 is 11.9 Å². The predicted octanol–water partition coefficient (Wildman–Crippen LogP) is 1.73. The van der Waals surface area contributed by atoms with Crippen LogP contribution in [0.4, 0.5) is 10.6 Å². The Morgan fingerprint density at radius 2 is 2.00 bits per heavy atom. The molecule has 3 N–H and O–H groups in total. The van der Waals surface area contributed by atoms with Crippen molar-refractivity contribution in [2.24, 2.45) is 0 Å². The average molecular weight is 343 g/mol. The fourth-order valence-electron chi connectivity index (χ4n) is 2.68. The molecule has 3 heterocycles. The van der Waals surface area contributed by atoms with E-state index >= 15 is 0 Å². The molecule has 1 aliphatic rings. The van der Waals surface area contributed by atoms with Gasteiger partial charge in [0, 0.05) is 25.8 Å². The van der Waals surface area contributed by atoms with Crippen LogP contribution in [0.1, 0.15) is 34.5 Å². The van der Waals surface area contributed by atoms with Gasteiger partial charge in [-0.15, -0.1) is 0 Å². The van der Waals surface area contributed by atoms with Gasteiger partial charge < -0.3 is 14.6 Å². The zero-order valence-electron chi connectivity index (χ0n) is 14.0. The van der Waals surface area contributed by atoms with Crippen LogP contribution in [0.2, 0.25) is 0 Å². The molecule has 8 nitrogen and oxygen atoms in total. The maximum absolute atomic E-state index is 11.8. The second-order valence-electron chi connectivity index (χ2n) is 5.87. The molecule has 0 atom stereocenters. The number of hydrogen-bond donors (Lipinski definition) is 3. The van der Waals surface area contributed by atoms with Crippen LogP contribution in [-0.2, 0) is 6.54 Å². The molecule has 0 aromatic carbocycles. The van der Waals surface area contributed by atoms with Gasteiger partial charge in [-0.05, 0) is 37.5 Å². The summed E-state index contributed by atoms with van der Waals surface area (Å²) in [6.07, 6.45) is 5.58. The standard InChI is InChI=1S/C17H21N5O3/c1-12-14(6-9-25-12)16(23)20-21-17(24)19-11-13-4-5-15(18-10-13)22-7-2-3-8-22/h4-6,9-10H,2-3,7-8,11H2,1H3,(H,20,23)(H2,19,21,24). The van der Waals surface area contributed by atoms with Gasteiger partial charge in [0.1, 0.15) is 11.6 Å². The van der Waals surface area contributed by atoms with Crippen LogP contribution in [0.15, 0.2) is 35.1 Å². The van der Waals surface area contributed by atoms with Crippen molar-refractivity contribution in [3.63, 3.8) is 0 Å². The van der Waals surface area contributed by atoms with Gasteiger partial charge in [0.25, 0.3) is 5.91 Å². The highest BCUT2D eigenvalue weighted by atomic mass is 16.3. The van der Waals surface area contributed by atoms with E-state index in [0.29, 0.717) is 17.9 Å². The number of rotatable bonds is 4. The van der Waals surface area contributed by atoms with Gasteiger partial charge in [-0.2, -0.15) is 0 Å². The van der Waals surface area contributed by atoms with Gasteiger partial charge in [0.15, 0.2) is 0 Å². The van der Waals surface area contributed by atoms with Gasteiger partial charge in [0.05, 0.1) is 11.8 Å². The minimum absolute atomic E-state index is 0.319. The molecule has 0 bridgehead atoms. The van der Waals surface area contributed by atoms with Crippen LogP contribution < -0.4 is 21.1 Å². The summed E-state index contributed by atoms with van der Waals surface area (Å²) in [4.78, 5) is 30.3.